The second-order valence-corrected chi connectivity index (χ2v) is 3.96. The Balaban J connectivity index is 2.35. The quantitative estimate of drug-likeness (QED) is 0.500. The van der Waals surface area contributed by atoms with Crippen LogP contribution in [-0.4, -0.2) is 54.6 Å². The lowest BCUT2D eigenvalue weighted by Gasteiger charge is -2.15. The molecule has 0 aliphatic carbocycles. The van der Waals surface area contributed by atoms with Crippen molar-refractivity contribution in [1.29, 1.82) is 0 Å². The smallest absolute Gasteiger partial charge is 0.311 e. The van der Waals surface area contributed by atoms with Crippen molar-refractivity contribution in [3.63, 3.8) is 0 Å². The van der Waals surface area contributed by atoms with E-state index in [1.807, 2.05) is 0 Å². The number of hydrogen-bond acceptors (Lipinski definition) is 4. The molecule has 1 saturated heterocycles. The van der Waals surface area contributed by atoms with Gasteiger partial charge in [0.05, 0.1) is 0 Å². The van der Waals surface area contributed by atoms with Crippen LogP contribution in [0.4, 0.5) is 0 Å². The number of likely N-dealkylation sites (tertiary alicyclic amines) is 1. The van der Waals surface area contributed by atoms with E-state index >= 15 is 0 Å². The number of nitrogens with one attached hydrogen (secondary N) is 1. The zero-order valence-electron chi connectivity index (χ0n) is 9.32. The van der Waals surface area contributed by atoms with E-state index in [0.29, 0.717) is 38.5 Å². The van der Waals surface area contributed by atoms with Gasteiger partial charge in [-0.2, -0.15) is 0 Å². The summed E-state index contributed by atoms with van der Waals surface area (Å²) in [4.78, 5) is 24.5. The summed E-state index contributed by atoms with van der Waals surface area (Å²) in [6.45, 7) is 1.94. The average molecular weight is 229 g/mol. The minimum atomic E-state index is -0.588. The van der Waals surface area contributed by atoms with Crippen LogP contribution in [0.5, 0.6) is 0 Å². The van der Waals surface area contributed by atoms with Gasteiger partial charge in [0.2, 0.25) is 0 Å². The lowest BCUT2D eigenvalue weighted by molar-refractivity contribution is -0.145. The number of amides is 2. The number of aliphatic hydroxyl groups excluding tert-OH is 1. The minimum Gasteiger partial charge on any atom is -0.396 e. The number of nitrogens with zero attached hydrogens (tertiary/aromatic N) is 1. The Morgan fingerprint density at radius 1 is 1.50 bits per heavy atom. The Morgan fingerprint density at radius 3 is 2.88 bits per heavy atom. The lowest BCUT2D eigenvalue weighted by Crippen LogP contribution is -2.43. The maximum atomic E-state index is 11.6. The molecule has 0 radical (unpaired) electrons. The predicted molar refractivity (Wildman–Crippen MR) is 58.5 cm³/mol. The fourth-order valence-corrected chi connectivity index (χ4v) is 1.84. The van der Waals surface area contributed by atoms with Crippen LogP contribution in [0.3, 0.4) is 0 Å². The Kier molecular flexibility index (Phi) is 5.21. The summed E-state index contributed by atoms with van der Waals surface area (Å²) in [6, 6.07) is 0. The summed E-state index contributed by atoms with van der Waals surface area (Å²) in [6.07, 6.45) is 1.55. The van der Waals surface area contributed by atoms with E-state index in [9.17, 15) is 9.59 Å². The molecule has 1 rings (SSSR count). The maximum absolute atomic E-state index is 11.6. The van der Waals surface area contributed by atoms with Gasteiger partial charge in [0.1, 0.15) is 0 Å². The molecule has 0 saturated carbocycles. The van der Waals surface area contributed by atoms with Gasteiger partial charge in [-0.1, -0.05) is 0 Å². The Hall–Kier alpha value is -1.14. The molecule has 0 bridgehead atoms. The van der Waals surface area contributed by atoms with Crippen LogP contribution in [0.15, 0.2) is 0 Å². The third-order valence-corrected chi connectivity index (χ3v) is 2.73. The zero-order valence-corrected chi connectivity index (χ0v) is 9.32. The van der Waals surface area contributed by atoms with E-state index in [-0.39, 0.29) is 6.61 Å². The van der Waals surface area contributed by atoms with Crippen molar-refractivity contribution in [2.24, 2.45) is 11.7 Å². The van der Waals surface area contributed by atoms with Gasteiger partial charge in [-0.25, -0.2) is 0 Å². The average Bonchev–Trinajstić information content (AvgIpc) is 2.74. The summed E-state index contributed by atoms with van der Waals surface area (Å²) in [5, 5.41) is 11.2. The van der Waals surface area contributed by atoms with E-state index in [1.165, 1.54) is 4.90 Å². The summed E-state index contributed by atoms with van der Waals surface area (Å²) in [7, 11) is 0. The molecule has 2 amide bonds. The van der Waals surface area contributed by atoms with Gasteiger partial charge in [-0.15, -0.1) is 0 Å². The first-order valence-corrected chi connectivity index (χ1v) is 5.57. The van der Waals surface area contributed by atoms with Gasteiger partial charge >= 0.3 is 11.8 Å². The first kappa shape index (κ1) is 12.9. The zero-order chi connectivity index (χ0) is 12.0. The van der Waals surface area contributed by atoms with Gasteiger partial charge in [0.15, 0.2) is 0 Å². The van der Waals surface area contributed by atoms with Crippen molar-refractivity contribution in [2.45, 2.75) is 12.8 Å². The maximum Gasteiger partial charge on any atom is 0.311 e. The molecule has 92 valence electrons. The lowest BCUT2D eigenvalue weighted by atomic mass is 10.1. The largest absolute Gasteiger partial charge is 0.396 e. The van der Waals surface area contributed by atoms with Gasteiger partial charge in [-0.3, -0.25) is 9.59 Å². The number of carbonyl (C=O) groups excluding carboxylic acids is 2. The third-order valence-electron chi connectivity index (χ3n) is 2.73. The van der Waals surface area contributed by atoms with Crippen LogP contribution in [-0.2, 0) is 9.59 Å². The van der Waals surface area contributed by atoms with Crippen molar-refractivity contribution in [2.75, 3.05) is 32.8 Å². The molecule has 0 spiro atoms. The van der Waals surface area contributed by atoms with E-state index in [2.05, 4.69) is 5.32 Å². The normalized spacial score (nSPS) is 19.9. The monoisotopic (exact) mass is 229 g/mol. The van der Waals surface area contributed by atoms with E-state index in [1.54, 1.807) is 0 Å². The van der Waals surface area contributed by atoms with Crippen LogP contribution in [0.2, 0.25) is 0 Å². The molecule has 1 fully saturated rings. The van der Waals surface area contributed by atoms with Crippen molar-refractivity contribution < 1.29 is 14.7 Å². The van der Waals surface area contributed by atoms with Gasteiger partial charge in [0.25, 0.3) is 0 Å². The highest BCUT2D eigenvalue weighted by Crippen LogP contribution is 2.18. The second-order valence-electron chi connectivity index (χ2n) is 3.96. The van der Waals surface area contributed by atoms with Gasteiger partial charge in [0, 0.05) is 32.8 Å². The van der Waals surface area contributed by atoms with Crippen molar-refractivity contribution in [3.8, 4) is 0 Å². The van der Waals surface area contributed by atoms with Crippen LogP contribution >= 0.6 is 0 Å². The van der Waals surface area contributed by atoms with Crippen LogP contribution in [0.1, 0.15) is 12.8 Å². The molecule has 4 N–H and O–H groups in total. The SMILES string of the molecule is NCCNC(=O)C(=O)N1CCC(CCO)C1. The first-order valence-electron chi connectivity index (χ1n) is 5.57. The molecule has 6 heteroatoms. The van der Waals surface area contributed by atoms with E-state index < -0.39 is 11.8 Å². The fourth-order valence-electron chi connectivity index (χ4n) is 1.84. The molecule has 1 atom stereocenters. The standard InChI is InChI=1S/C10H19N3O3/c11-3-4-12-9(15)10(16)13-5-1-8(7-13)2-6-14/h8,14H,1-7,11H2,(H,12,15). The molecule has 1 unspecified atom stereocenters. The molecular weight excluding hydrogens is 210 g/mol. The summed E-state index contributed by atoms with van der Waals surface area (Å²) in [5.74, 6) is -0.764. The predicted octanol–water partition coefficient (Wildman–Crippen LogP) is -1.71. The summed E-state index contributed by atoms with van der Waals surface area (Å²) >= 11 is 0. The van der Waals surface area contributed by atoms with Crippen molar-refractivity contribution >= 4 is 11.8 Å². The molecule has 6 nitrogen and oxygen atoms in total. The van der Waals surface area contributed by atoms with Crippen molar-refractivity contribution in [1.82, 2.24) is 10.2 Å². The highest BCUT2D eigenvalue weighted by Gasteiger charge is 2.29. The van der Waals surface area contributed by atoms with Crippen LogP contribution < -0.4 is 11.1 Å². The van der Waals surface area contributed by atoms with Gasteiger partial charge in [-0.05, 0) is 18.8 Å². The molecule has 1 aliphatic heterocycles. The minimum absolute atomic E-state index is 0.131. The number of hydrogen-bond donors (Lipinski definition) is 3. The summed E-state index contributed by atoms with van der Waals surface area (Å²) < 4.78 is 0. The molecular formula is C10H19N3O3. The molecule has 0 aromatic rings. The Labute approximate surface area is 94.8 Å². The van der Waals surface area contributed by atoms with Crippen molar-refractivity contribution in [3.05, 3.63) is 0 Å². The molecule has 1 aliphatic rings. The Morgan fingerprint density at radius 2 is 2.25 bits per heavy atom. The van der Waals surface area contributed by atoms with Crippen LogP contribution in [0.25, 0.3) is 0 Å². The highest BCUT2D eigenvalue weighted by atomic mass is 16.3. The van der Waals surface area contributed by atoms with E-state index in [4.69, 9.17) is 10.8 Å². The molecule has 16 heavy (non-hydrogen) atoms. The highest BCUT2D eigenvalue weighted by molar-refractivity contribution is 6.35. The number of aliphatic hydroxyl groups is 1. The second kappa shape index (κ2) is 6.44. The number of rotatable bonds is 4. The molecule has 0 aromatic heterocycles. The third kappa shape index (κ3) is 3.46. The molecule has 1 heterocycles. The topological polar surface area (TPSA) is 95.7 Å². The number of carbonyl (C=O) groups is 2. The molecule has 0 aromatic carbocycles. The first-order chi connectivity index (χ1) is 7.69. The van der Waals surface area contributed by atoms with Gasteiger partial charge < -0.3 is 21.1 Å². The Bertz CT molecular complexity index is 258. The van der Waals surface area contributed by atoms with Crippen LogP contribution in [0, 0.1) is 5.92 Å². The number of nitrogens with two attached hydrogens (primary N) is 1. The summed E-state index contributed by atoms with van der Waals surface area (Å²) in [5.41, 5.74) is 5.22. The van der Waals surface area contributed by atoms with E-state index in [0.717, 1.165) is 6.42 Å². The fraction of sp³-hybridized carbons (Fsp3) is 0.800.